The first kappa shape index (κ1) is 17.2. The maximum absolute atomic E-state index is 4.80. The summed E-state index contributed by atoms with van der Waals surface area (Å²) in [5, 5.41) is 9.15. The number of hydrogen-bond acceptors (Lipinski definition) is 3. The maximum atomic E-state index is 4.80. The van der Waals surface area contributed by atoms with Crippen molar-refractivity contribution in [1.29, 1.82) is 0 Å². The van der Waals surface area contributed by atoms with Gasteiger partial charge < -0.3 is 0 Å². The van der Waals surface area contributed by atoms with Gasteiger partial charge in [0.1, 0.15) is 11.3 Å². The van der Waals surface area contributed by atoms with Crippen molar-refractivity contribution >= 4 is 17.2 Å². The second kappa shape index (κ2) is 7.16. The van der Waals surface area contributed by atoms with Gasteiger partial charge in [-0.05, 0) is 55.2 Å². The zero-order valence-corrected chi connectivity index (χ0v) is 15.8. The van der Waals surface area contributed by atoms with Crippen molar-refractivity contribution in [3.05, 3.63) is 83.6 Å². The quantitative estimate of drug-likeness (QED) is 0.381. The largest absolute Gasteiger partial charge is 0.283 e. The molecule has 0 saturated heterocycles. The predicted octanol–water partition coefficient (Wildman–Crippen LogP) is 6.60. The van der Waals surface area contributed by atoms with Crippen LogP contribution in [0.15, 0.2) is 77.1 Å². The van der Waals surface area contributed by atoms with E-state index in [-0.39, 0.29) is 0 Å². The molecule has 0 unspecified atom stereocenters. The lowest BCUT2D eigenvalue weighted by atomic mass is 10.1. The van der Waals surface area contributed by atoms with E-state index < -0.39 is 0 Å². The number of azo groups is 1. The van der Waals surface area contributed by atoms with Crippen molar-refractivity contribution in [1.82, 2.24) is 9.38 Å². The Labute approximate surface area is 159 Å². The van der Waals surface area contributed by atoms with Gasteiger partial charge >= 0.3 is 0 Å². The second-order valence-electron chi connectivity index (χ2n) is 6.68. The average Bonchev–Trinajstić information content (AvgIpc) is 3.08. The number of pyridine rings is 1. The lowest BCUT2D eigenvalue weighted by Crippen LogP contribution is -1.84. The van der Waals surface area contributed by atoms with Crippen LogP contribution in [-0.4, -0.2) is 9.38 Å². The van der Waals surface area contributed by atoms with Crippen molar-refractivity contribution in [3.8, 4) is 11.3 Å². The number of aromatic nitrogens is 2. The number of rotatable bonds is 4. The molecule has 0 spiro atoms. The molecule has 134 valence electrons. The Morgan fingerprint density at radius 2 is 1.70 bits per heavy atom. The van der Waals surface area contributed by atoms with Crippen molar-refractivity contribution in [2.75, 3.05) is 0 Å². The van der Waals surface area contributed by atoms with Crippen LogP contribution in [0.5, 0.6) is 0 Å². The van der Waals surface area contributed by atoms with Gasteiger partial charge in [-0.15, -0.1) is 10.2 Å². The van der Waals surface area contributed by atoms with E-state index >= 15 is 0 Å². The van der Waals surface area contributed by atoms with Gasteiger partial charge in [-0.2, -0.15) is 0 Å². The van der Waals surface area contributed by atoms with Gasteiger partial charge in [-0.1, -0.05) is 49.4 Å². The molecule has 0 fully saturated rings. The summed E-state index contributed by atoms with van der Waals surface area (Å²) in [4.78, 5) is 4.80. The summed E-state index contributed by atoms with van der Waals surface area (Å²) < 4.78 is 1.98. The van der Waals surface area contributed by atoms with E-state index in [1.807, 2.05) is 40.9 Å². The Bertz CT molecular complexity index is 1120. The van der Waals surface area contributed by atoms with E-state index in [0.717, 1.165) is 40.4 Å². The number of nitrogens with zero attached hydrogens (tertiary/aromatic N) is 4. The normalized spacial score (nSPS) is 11.5. The molecule has 0 N–H and O–H groups in total. The van der Waals surface area contributed by atoms with Gasteiger partial charge in [0.25, 0.3) is 0 Å². The molecule has 0 bridgehead atoms. The molecule has 4 aromatic rings. The van der Waals surface area contributed by atoms with E-state index in [1.54, 1.807) is 0 Å². The molecule has 2 aromatic carbocycles. The summed E-state index contributed by atoms with van der Waals surface area (Å²) >= 11 is 0. The van der Waals surface area contributed by atoms with Crippen molar-refractivity contribution in [3.63, 3.8) is 0 Å². The average molecular weight is 354 g/mol. The minimum atomic E-state index is 0.746. The summed E-state index contributed by atoms with van der Waals surface area (Å²) in [7, 11) is 0. The fraction of sp³-hybridized carbons (Fsp3) is 0.174. The molecule has 0 aliphatic carbocycles. The van der Waals surface area contributed by atoms with Gasteiger partial charge in [0.05, 0.1) is 5.69 Å². The van der Waals surface area contributed by atoms with Gasteiger partial charge in [-0.25, -0.2) is 4.98 Å². The van der Waals surface area contributed by atoms with Crippen molar-refractivity contribution < 1.29 is 0 Å². The van der Waals surface area contributed by atoms with Gasteiger partial charge in [0.2, 0.25) is 0 Å². The lowest BCUT2D eigenvalue weighted by molar-refractivity contribution is 1.10. The Balaban J connectivity index is 1.85. The van der Waals surface area contributed by atoms with Crippen molar-refractivity contribution in [2.45, 2.75) is 27.2 Å². The highest BCUT2D eigenvalue weighted by Gasteiger charge is 2.14. The third kappa shape index (κ3) is 3.26. The lowest BCUT2D eigenvalue weighted by Gasteiger charge is -2.03. The Morgan fingerprint density at radius 3 is 2.48 bits per heavy atom. The van der Waals surface area contributed by atoms with E-state index in [9.17, 15) is 0 Å². The van der Waals surface area contributed by atoms with E-state index in [0.29, 0.717) is 0 Å². The standard InChI is InChI=1S/C23H22N4/c1-4-18-11-13-19(14-12-18)22-23(27-15-6-5-10-21(27)24-22)26-25-20-9-7-8-16(2)17(20)3/h5-15H,4H2,1-3H3. The Morgan fingerprint density at radius 1 is 0.889 bits per heavy atom. The van der Waals surface area contributed by atoms with Crippen LogP contribution in [0.25, 0.3) is 16.9 Å². The van der Waals surface area contributed by atoms with Crippen LogP contribution in [-0.2, 0) is 6.42 Å². The zero-order chi connectivity index (χ0) is 18.8. The van der Waals surface area contributed by atoms with Gasteiger partial charge in [0.15, 0.2) is 5.82 Å². The van der Waals surface area contributed by atoms with Gasteiger partial charge in [-0.3, -0.25) is 4.40 Å². The maximum Gasteiger partial charge on any atom is 0.187 e. The number of hydrogen-bond donors (Lipinski definition) is 0. The van der Waals surface area contributed by atoms with Crippen LogP contribution < -0.4 is 0 Å². The van der Waals surface area contributed by atoms with E-state index in [1.165, 1.54) is 11.1 Å². The molecule has 27 heavy (non-hydrogen) atoms. The highest BCUT2D eigenvalue weighted by atomic mass is 15.2. The summed E-state index contributed by atoms with van der Waals surface area (Å²) in [6.07, 6.45) is 2.99. The van der Waals surface area contributed by atoms with E-state index in [4.69, 9.17) is 4.98 Å². The number of benzene rings is 2. The molecule has 4 rings (SSSR count). The third-order valence-electron chi connectivity index (χ3n) is 4.97. The highest BCUT2D eigenvalue weighted by molar-refractivity contribution is 5.74. The molecule has 2 heterocycles. The zero-order valence-electron chi connectivity index (χ0n) is 15.8. The number of imidazole rings is 1. The Kier molecular flexibility index (Phi) is 4.55. The number of aryl methyl sites for hydroxylation is 2. The topological polar surface area (TPSA) is 42.0 Å². The highest BCUT2D eigenvalue weighted by Crippen LogP contribution is 2.33. The van der Waals surface area contributed by atoms with Crippen LogP contribution in [0.1, 0.15) is 23.6 Å². The predicted molar refractivity (Wildman–Crippen MR) is 110 cm³/mol. The monoisotopic (exact) mass is 354 g/mol. The van der Waals surface area contributed by atoms with Crippen LogP contribution in [0.3, 0.4) is 0 Å². The molecule has 4 heteroatoms. The summed E-state index contributed by atoms with van der Waals surface area (Å²) in [6.45, 7) is 6.32. The van der Waals surface area contributed by atoms with Crippen LogP contribution in [0.2, 0.25) is 0 Å². The smallest absolute Gasteiger partial charge is 0.187 e. The van der Waals surface area contributed by atoms with E-state index in [2.05, 4.69) is 61.3 Å². The minimum absolute atomic E-state index is 0.746. The fourth-order valence-corrected chi connectivity index (χ4v) is 3.12. The molecular weight excluding hydrogens is 332 g/mol. The second-order valence-corrected chi connectivity index (χ2v) is 6.68. The molecule has 0 aliphatic rings. The van der Waals surface area contributed by atoms with Crippen LogP contribution in [0.4, 0.5) is 11.5 Å². The first-order valence-corrected chi connectivity index (χ1v) is 9.21. The molecule has 4 nitrogen and oxygen atoms in total. The first-order chi connectivity index (χ1) is 13.2. The third-order valence-corrected chi connectivity index (χ3v) is 4.97. The summed E-state index contributed by atoms with van der Waals surface area (Å²) in [5.41, 5.74) is 7.30. The molecule has 0 saturated carbocycles. The van der Waals surface area contributed by atoms with Crippen LogP contribution >= 0.6 is 0 Å². The summed E-state index contributed by atoms with van der Waals surface area (Å²) in [6, 6.07) is 20.5. The minimum Gasteiger partial charge on any atom is -0.283 e. The molecule has 0 radical (unpaired) electrons. The molecule has 0 amide bonds. The first-order valence-electron chi connectivity index (χ1n) is 9.21. The molecule has 0 aliphatic heterocycles. The SMILES string of the molecule is CCc1ccc(-c2nc3ccccn3c2N=Nc2cccc(C)c2C)cc1. The molecular formula is C23H22N4. The molecule has 0 atom stereocenters. The Hall–Kier alpha value is -3.27. The number of fused-ring (bicyclic) bond motifs is 1. The van der Waals surface area contributed by atoms with Gasteiger partial charge in [0, 0.05) is 11.8 Å². The van der Waals surface area contributed by atoms with Crippen molar-refractivity contribution in [2.24, 2.45) is 10.2 Å². The fourth-order valence-electron chi connectivity index (χ4n) is 3.12. The molecule has 2 aromatic heterocycles. The summed E-state index contributed by atoms with van der Waals surface area (Å²) in [5.74, 6) is 0.746. The van der Waals surface area contributed by atoms with Crippen LogP contribution in [0, 0.1) is 13.8 Å².